The van der Waals surface area contributed by atoms with E-state index in [0.29, 0.717) is 6.42 Å². The molecule has 0 aromatic carbocycles. The fraction of sp³-hybridized carbons (Fsp3) is 0.571. The molecular weight excluding hydrogens is 180 g/mol. The van der Waals surface area contributed by atoms with Gasteiger partial charge in [-0.25, -0.2) is 8.78 Å². The minimum atomic E-state index is -2.79. The number of hydrogen-bond acceptors (Lipinski definition) is 1. The molecule has 0 aromatic rings. The molecule has 0 saturated carbocycles. The summed E-state index contributed by atoms with van der Waals surface area (Å²) in [7, 11) is 0. The van der Waals surface area contributed by atoms with Crippen LogP contribution in [0.4, 0.5) is 8.78 Å². The molecule has 0 fully saturated rings. The van der Waals surface area contributed by atoms with Crippen molar-refractivity contribution in [2.45, 2.75) is 19.3 Å². The summed E-state index contributed by atoms with van der Waals surface area (Å²) < 4.78 is 24.3. The number of carbonyl (C=O) groups is 1. The van der Waals surface area contributed by atoms with Crippen LogP contribution in [-0.2, 0) is 4.79 Å². The van der Waals surface area contributed by atoms with E-state index in [-0.39, 0.29) is 6.42 Å². The van der Waals surface area contributed by atoms with Gasteiger partial charge in [-0.1, -0.05) is 6.08 Å². The lowest BCUT2D eigenvalue weighted by Gasteiger charge is -2.09. The summed E-state index contributed by atoms with van der Waals surface area (Å²) in [5.41, 5.74) is 7.87. The molecule has 0 aliphatic carbocycles. The third kappa shape index (κ3) is 4.22. The molecule has 0 N–H and O–H groups in total. The van der Waals surface area contributed by atoms with Gasteiger partial charge in [-0.15, -0.1) is 6.58 Å². The lowest BCUT2D eigenvalue weighted by atomic mass is 10.0. The van der Waals surface area contributed by atoms with Gasteiger partial charge in [-0.05, 0) is 23.5 Å². The van der Waals surface area contributed by atoms with Gasteiger partial charge in [-0.3, -0.25) is 4.79 Å². The molecule has 1 amide bonds. The third-order valence-electron chi connectivity index (χ3n) is 1.45. The van der Waals surface area contributed by atoms with Gasteiger partial charge in [0.2, 0.25) is 12.3 Å². The van der Waals surface area contributed by atoms with Crippen LogP contribution in [0.2, 0.25) is 0 Å². The quantitative estimate of drug-likeness (QED) is 0.283. The summed E-state index contributed by atoms with van der Waals surface area (Å²) in [6.45, 7) is 3.34. The summed E-state index contributed by atoms with van der Waals surface area (Å²) in [5, 5.41) is 2.63. The van der Waals surface area contributed by atoms with Crippen molar-refractivity contribution >= 4 is 5.91 Å². The SMILES string of the molecule is C=CCCC(C(=O)N=[N+]=[N-])C(F)F. The second-order valence-corrected chi connectivity index (χ2v) is 2.33. The van der Waals surface area contributed by atoms with Crippen LogP contribution in [-0.4, -0.2) is 12.3 Å². The highest BCUT2D eigenvalue weighted by Crippen LogP contribution is 2.18. The Bertz CT molecular complexity index is 236. The van der Waals surface area contributed by atoms with Gasteiger partial charge >= 0.3 is 0 Å². The molecule has 0 saturated heterocycles. The highest BCUT2D eigenvalue weighted by atomic mass is 19.3. The molecule has 0 bridgehead atoms. The first kappa shape index (κ1) is 11.6. The molecule has 1 atom stereocenters. The Morgan fingerprint density at radius 2 is 2.31 bits per heavy atom. The van der Waals surface area contributed by atoms with Crippen molar-refractivity contribution in [1.29, 1.82) is 0 Å². The Hall–Kier alpha value is -1.42. The largest absolute Gasteiger partial charge is 0.292 e. The number of alkyl halides is 2. The molecule has 0 spiro atoms. The monoisotopic (exact) mass is 189 g/mol. The summed E-state index contributed by atoms with van der Waals surface area (Å²) in [5.74, 6) is -2.62. The first-order chi connectivity index (χ1) is 6.13. The molecule has 0 aliphatic heterocycles. The van der Waals surface area contributed by atoms with Crippen LogP contribution in [0.3, 0.4) is 0 Å². The normalized spacial score (nSPS) is 11.9. The van der Waals surface area contributed by atoms with E-state index in [1.807, 2.05) is 0 Å². The third-order valence-corrected chi connectivity index (χ3v) is 1.45. The number of nitrogens with zero attached hydrogens (tertiary/aromatic N) is 3. The van der Waals surface area contributed by atoms with Crippen molar-refractivity contribution in [2.75, 3.05) is 0 Å². The number of carbonyl (C=O) groups excluding carboxylic acids is 1. The average Bonchev–Trinajstić information content (AvgIpc) is 2.05. The summed E-state index contributed by atoms with van der Waals surface area (Å²) in [6, 6.07) is 0. The molecule has 0 aliphatic rings. The van der Waals surface area contributed by atoms with Gasteiger partial charge in [-0.2, -0.15) is 0 Å². The van der Waals surface area contributed by atoms with Crippen molar-refractivity contribution in [2.24, 2.45) is 11.0 Å². The van der Waals surface area contributed by atoms with Gasteiger partial charge in [0.25, 0.3) is 0 Å². The topological polar surface area (TPSA) is 65.8 Å². The Balaban J connectivity index is 4.31. The van der Waals surface area contributed by atoms with E-state index in [2.05, 4.69) is 16.6 Å². The summed E-state index contributed by atoms with van der Waals surface area (Å²) >= 11 is 0. The number of allylic oxidation sites excluding steroid dienone is 1. The molecule has 0 heterocycles. The summed E-state index contributed by atoms with van der Waals surface area (Å²) in [6.07, 6.45) is -1.11. The average molecular weight is 189 g/mol. The maximum absolute atomic E-state index is 12.2. The van der Waals surface area contributed by atoms with Crippen molar-refractivity contribution in [1.82, 2.24) is 0 Å². The fourth-order valence-corrected chi connectivity index (χ4v) is 0.773. The van der Waals surface area contributed by atoms with E-state index in [9.17, 15) is 13.6 Å². The lowest BCUT2D eigenvalue weighted by molar-refractivity contribution is -0.126. The van der Waals surface area contributed by atoms with Gasteiger partial charge in [0, 0.05) is 4.91 Å². The Morgan fingerprint density at radius 3 is 2.69 bits per heavy atom. The van der Waals surface area contributed by atoms with Crippen molar-refractivity contribution in [3.05, 3.63) is 23.1 Å². The molecule has 1 unspecified atom stereocenters. The first-order valence-electron chi connectivity index (χ1n) is 3.61. The molecule has 4 nitrogen and oxygen atoms in total. The Labute approximate surface area is 73.9 Å². The van der Waals surface area contributed by atoms with Crippen LogP contribution in [0.5, 0.6) is 0 Å². The van der Waals surface area contributed by atoms with Crippen LogP contribution < -0.4 is 0 Å². The number of azide groups is 1. The van der Waals surface area contributed by atoms with Crippen LogP contribution >= 0.6 is 0 Å². The molecule has 13 heavy (non-hydrogen) atoms. The van der Waals surface area contributed by atoms with E-state index in [1.165, 1.54) is 6.08 Å². The number of amides is 1. The minimum Gasteiger partial charge on any atom is -0.292 e. The maximum Gasteiger partial charge on any atom is 0.248 e. The zero-order valence-electron chi connectivity index (χ0n) is 6.86. The molecule has 0 aromatic heterocycles. The predicted molar refractivity (Wildman–Crippen MR) is 43.1 cm³/mol. The van der Waals surface area contributed by atoms with E-state index in [0.717, 1.165) is 0 Å². The van der Waals surface area contributed by atoms with Gasteiger partial charge < -0.3 is 0 Å². The molecule has 6 heteroatoms. The van der Waals surface area contributed by atoms with E-state index in [4.69, 9.17) is 5.53 Å². The second-order valence-electron chi connectivity index (χ2n) is 2.33. The van der Waals surface area contributed by atoms with Gasteiger partial charge in [0.1, 0.15) is 0 Å². The van der Waals surface area contributed by atoms with Crippen LogP contribution in [0, 0.1) is 5.92 Å². The Kier molecular flexibility index (Phi) is 5.47. The predicted octanol–water partition coefficient (Wildman–Crippen LogP) is 2.67. The van der Waals surface area contributed by atoms with Crippen molar-refractivity contribution in [3.63, 3.8) is 0 Å². The second kappa shape index (κ2) is 6.14. The van der Waals surface area contributed by atoms with Crippen LogP contribution in [0.15, 0.2) is 17.8 Å². The molecule has 0 rings (SSSR count). The highest BCUT2D eigenvalue weighted by Gasteiger charge is 2.26. The molecule has 0 radical (unpaired) electrons. The standard InChI is InChI=1S/C7H9F2N3O/c1-2-3-4-5(6(8)9)7(13)11-12-10/h2,5-6H,1,3-4H2. The van der Waals surface area contributed by atoms with Crippen LogP contribution in [0.25, 0.3) is 10.4 Å². The van der Waals surface area contributed by atoms with E-state index < -0.39 is 18.3 Å². The lowest BCUT2D eigenvalue weighted by Crippen LogP contribution is -2.19. The van der Waals surface area contributed by atoms with Crippen LogP contribution in [0.1, 0.15) is 12.8 Å². The molecular formula is C7H9F2N3O. The maximum atomic E-state index is 12.2. The fourth-order valence-electron chi connectivity index (χ4n) is 0.773. The summed E-state index contributed by atoms with van der Waals surface area (Å²) in [4.78, 5) is 12.9. The zero-order valence-corrected chi connectivity index (χ0v) is 6.86. The number of hydrogen-bond donors (Lipinski definition) is 0. The van der Waals surface area contributed by atoms with Gasteiger partial charge in [0.05, 0.1) is 5.92 Å². The number of halogens is 2. The van der Waals surface area contributed by atoms with Gasteiger partial charge in [0.15, 0.2) is 0 Å². The highest BCUT2D eigenvalue weighted by molar-refractivity contribution is 5.79. The smallest absolute Gasteiger partial charge is 0.248 e. The van der Waals surface area contributed by atoms with E-state index >= 15 is 0 Å². The first-order valence-corrected chi connectivity index (χ1v) is 3.61. The minimum absolute atomic E-state index is 0.0426. The number of rotatable bonds is 5. The molecule has 72 valence electrons. The van der Waals surface area contributed by atoms with Crippen molar-refractivity contribution < 1.29 is 13.6 Å². The van der Waals surface area contributed by atoms with Crippen molar-refractivity contribution in [3.8, 4) is 0 Å². The zero-order chi connectivity index (χ0) is 10.3. The Morgan fingerprint density at radius 1 is 1.69 bits per heavy atom. The van der Waals surface area contributed by atoms with E-state index in [1.54, 1.807) is 0 Å².